The summed E-state index contributed by atoms with van der Waals surface area (Å²) in [7, 11) is -0.0231. The molecule has 0 N–H and O–H groups in total. The molecule has 0 aliphatic rings. The number of sulfone groups is 1. The number of carbonyl (C=O) groups is 1. The van der Waals surface area contributed by atoms with E-state index in [9.17, 15) is 13.2 Å². The number of nitrogens with zero attached hydrogens (tertiary/aromatic N) is 2. The average Bonchev–Trinajstić information content (AvgIpc) is 2.96. The largest absolute Gasteiger partial charge is 0.497 e. The van der Waals surface area contributed by atoms with Crippen molar-refractivity contribution in [2.24, 2.45) is 12.0 Å². The molecular weight excluding hydrogens is 384 g/mol. The zero-order valence-corrected chi connectivity index (χ0v) is 17.1. The van der Waals surface area contributed by atoms with Crippen LogP contribution in [-0.4, -0.2) is 31.3 Å². The van der Waals surface area contributed by atoms with E-state index in [1.54, 1.807) is 33.1 Å². The number of thiazole rings is 1. The second-order valence-corrected chi connectivity index (χ2v) is 9.83. The molecule has 6 nitrogen and oxygen atoms in total. The number of benzene rings is 2. The molecule has 142 valence electrons. The molecule has 1 heterocycles. The molecule has 3 aromatic rings. The van der Waals surface area contributed by atoms with Gasteiger partial charge in [0.15, 0.2) is 14.6 Å². The van der Waals surface area contributed by atoms with Crippen molar-refractivity contribution in [2.45, 2.75) is 24.0 Å². The highest BCUT2D eigenvalue weighted by Gasteiger charge is 2.20. The van der Waals surface area contributed by atoms with Crippen LogP contribution in [0.1, 0.15) is 24.2 Å². The molecule has 0 spiro atoms. The van der Waals surface area contributed by atoms with Gasteiger partial charge in [-0.2, -0.15) is 4.99 Å². The van der Waals surface area contributed by atoms with Crippen molar-refractivity contribution >= 4 is 37.3 Å². The van der Waals surface area contributed by atoms with Crippen molar-refractivity contribution in [3.05, 3.63) is 52.8 Å². The maximum Gasteiger partial charge on any atom is 0.279 e. The summed E-state index contributed by atoms with van der Waals surface area (Å²) in [6.45, 7) is 3.22. The summed E-state index contributed by atoms with van der Waals surface area (Å²) in [6, 6.07) is 11.7. The van der Waals surface area contributed by atoms with Crippen molar-refractivity contribution in [1.82, 2.24) is 4.57 Å². The zero-order chi connectivity index (χ0) is 19.8. The average molecular weight is 405 g/mol. The first-order valence-electron chi connectivity index (χ1n) is 8.30. The molecule has 0 saturated heterocycles. The monoisotopic (exact) mass is 404 g/mol. The Balaban J connectivity index is 2.05. The Hall–Kier alpha value is -2.45. The maximum absolute atomic E-state index is 12.6. The van der Waals surface area contributed by atoms with Gasteiger partial charge in [-0.1, -0.05) is 17.4 Å². The van der Waals surface area contributed by atoms with E-state index in [4.69, 9.17) is 4.74 Å². The summed E-state index contributed by atoms with van der Waals surface area (Å²) in [5.41, 5.74) is 1.18. The quantitative estimate of drug-likeness (QED) is 0.669. The van der Waals surface area contributed by atoms with Crippen molar-refractivity contribution in [1.29, 1.82) is 0 Å². The minimum atomic E-state index is -3.45. The fraction of sp³-hybridized carbons (Fsp3) is 0.263. The predicted molar refractivity (Wildman–Crippen MR) is 106 cm³/mol. The van der Waals surface area contributed by atoms with Gasteiger partial charge in [-0.05, 0) is 50.2 Å². The lowest BCUT2D eigenvalue weighted by Gasteiger charge is -2.08. The molecule has 8 heteroatoms. The van der Waals surface area contributed by atoms with Crippen LogP contribution >= 0.6 is 11.3 Å². The minimum Gasteiger partial charge on any atom is -0.497 e. The van der Waals surface area contributed by atoms with Crippen LogP contribution in [0.4, 0.5) is 0 Å². The van der Waals surface area contributed by atoms with Crippen LogP contribution in [-0.2, 0) is 16.9 Å². The Labute approximate surface area is 161 Å². The first-order valence-corrected chi connectivity index (χ1v) is 10.7. The molecule has 2 aromatic carbocycles. The van der Waals surface area contributed by atoms with E-state index < -0.39 is 21.0 Å². The molecule has 3 rings (SSSR count). The number of hydrogen-bond acceptors (Lipinski definition) is 5. The number of rotatable bonds is 4. The van der Waals surface area contributed by atoms with Crippen LogP contribution in [0.3, 0.4) is 0 Å². The number of carbonyl (C=O) groups excluding carboxylic acids is 1. The van der Waals surface area contributed by atoms with Crippen LogP contribution in [0.5, 0.6) is 5.75 Å². The summed E-state index contributed by atoms with van der Waals surface area (Å²) < 4.78 is 32.7. The van der Waals surface area contributed by atoms with Crippen molar-refractivity contribution in [2.75, 3.05) is 7.11 Å². The highest BCUT2D eigenvalue weighted by molar-refractivity contribution is 7.92. The van der Waals surface area contributed by atoms with E-state index >= 15 is 0 Å². The molecule has 0 bridgehead atoms. The highest BCUT2D eigenvalue weighted by Crippen LogP contribution is 2.23. The molecular formula is C19H20N2O4S2. The number of fused-ring (bicyclic) bond motifs is 1. The summed E-state index contributed by atoms with van der Waals surface area (Å²) in [5.74, 6) is 0.249. The molecule has 0 unspecified atom stereocenters. The number of aryl methyl sites for hydroxylation is 1. The second-order valence-electron chi connectivity index (χ2n) is 6.32. The van der Waals surface area contributed by atoms with Crippen molar-refractivity contribution < 1.29 is 17.9 Å². The fourth-order valence-electron chi connectivity index (χ4n) is 2.58. The van der Waals surface area contributed by atoms with Crippen molar-refractivity contribution in [3.63, 3.8) is 0 Å². The number of hydrogen-bond donors (Lipinski definition) is 0. The lowest BCUT2D eigenvalue weighted by molar-refractivity contribution is 0.0997. The van der Waals surface area contributed by atoms with E-state index in [0.717, 1.165) is 16.0 Å². The van der Waals surface area contributed by atoms with Gasteiger partial charge >= 0.3 is 0 Å². The van der Waals surface area contributed by atoms with Crippen LogP contribution in [0.2, 0.25) is 0 Å². The van der Waals surface area contributed by atoms with Gasteiger partial charge < -0.3 is 9.30 Å². The molecule has 0 fully saturated rings. The Kier molecular flexibility index (Phi) is 5.21. The number of amides is 1. The van der Waals surface area contributed by atoms with E-state index in [-0.39, 0.29) is 10.5 Å². The summed E-state index contributed by atoms with van der Waals surface area (Å²) in [4.78, 5) is 17.5. The molecule has 1 aromatic heterocycles. The SMILES string of the molecule is COc1ccc2c(c1)sc(=NC(=O)c1cccc(S(=O)(=O)C(C)C)c1)n2C. The number of methoxy groups -OCH3 is 1. The van der Waals surface area contributed by atoms with Gasteiger partial charge in [-0.15, -0.1) is 0 Å². The number of ether oxygens (including phenoxy) is 1. The highest BCUT2D eigenvalue weighted by atomic mass is 32.2. The Morgan fingerprint density at radius 2 is 1.93 bits per heavy atom. The maximum atomic E-state index is 12.6. The normalized spacial score (nSPS) is 12.7. The van der Waals surface area contributed by atoms with Gasteiger partial charge in [-0.3, -0.25) is 4.79 Å². The molecule has 1 amide bonds. The summed E-state index contributed by atoms with van der Waals surface area (Å²) in [6.07, 6.45) is 0. The minimum absolute atomic E-state index is 0.129. The smallest absolute Gasteiger partial charge is 0.279 e. The number of aromatic nitrogens is 1. The van der Waals surface area contributed by atoms with E-state index in [1.165, 1.54) is 23.5 Å². The molecule has 27 heavy (non-hydrogen) atoms. The molecule has 0 aliphatic heterocycles. The van der Waals surface area contributed by atoms with Gasteiger partial charge in [-0.25, -0.2) is 8.42 Å². The standard InChI is InChI=1S/C19H20N2O4S2/c1-12(2)27(23,24)15-7-5-6-13(10-15)18(22)20-19-21(3)16-9-8-14(25-4)11-17(16)26-19/h5-12H,1-4H3. The van der Waals surface area contributed by atoms with Crippen molar-refractivity contribution in [3.8, 4) is 5.75 Å². The van der Waals surface area contributed by atoms with E-state index in [2.05, 4.69) is 4.99 Å². The first kappa shape index (κ1) is 19.3. The van der Waals surface area contributed by atoms with Gasteiger partial charge in [0, 0.05) is 12.6 Å². The summed E-state index contributed by atoms with van der Waals surface area (Å²) >= 11 is 1.37. The second kappa shape index (κ2) is 7.28. The zero-order valence-electron chi connectivity index (χ0n) is 15.5. The Morgan fingerprint density at radius 3 is 2.59 bits per heavy atom. The molecule has 0 atom stereocenters. The molecule has 0 aliphatic carbocycles. The van der Waals surface area contributed by atoms with Gasteiger partial charge in [0.2, 0.25) is 0 Å². The van der Waals surface area contributed by atoms with Gasteiger partial charge in [0.25, 0.3) is 5.91 Å². The lowest BCUT2D eigenvalue weighted by Crippen LogP contribution is -2.15. The van der Waals surface area contributed by atoms with Crippen LogP contribution in [0.15, 0.2) is 52.4 Å². The Morgan fingerprint density at radius 1 is 1.19 bits per heavy atom. The van der Waals surface area contributed by atoms with E-state index in [1.807, 2.05) is 29.8 Å². The fourth-order valence-corrected chi connectivity index (χ4v) is 4.73. The third-order valence-electron chi connectivity index (χ3n) is 4.24. The Bertz CT molecular complexity index is 1190. The summed E-state index contributed by atoms with van der Waals surface area (Å²) in [5, 5.41) is -0.560. The third-order valence-corrected chi connectivity index (χ3v) is 7.49. The third kappa shape index (κ3) is 3.68. The van der Waals surface area contributed by atoms with E-state index in [0.29, 0.717) is 4.80 Å². The molecule has 0 saturated carbocycles. The lowest BCUT2D eigenvalue weighted by atomic mass is 10.2. The van der Waals surface area contributed by atoms with Crippen LogP contribution in [0, 0.1) is 0 Å². The van der Waals surface area contributed by atoms with Crippen LogP contribution < -0.4 is 9.54 Å². The molecule has 0 radical (unpaired) electrons. The van der Waals surface area contributed by atoms with Gasteiger partial charge in [0.1, 0.15) is 5.75 Å². The first-order chi connectivity index (χ1) is 12.7. The van der Waals surface area contributed by atoms with Gasteiger partial charge in [0.05, 0.1) is 27.5 Å². The predicted octanol–water partition coefficient (Wildman–Crippen LogP) is 3.17. The van der Waals surface area contributed by atoms with Crippen LogP contribution in [0.25, 0.3) is 10.2 Å². The topological polar surface area (TPSA) is 77.7 Å².